The van der Waals surface area contributed by atoms with E-state index in [1.54, 1.807) is 24.8 Å². The lowest BCUT2D eigenvalue weighted by molar-refractivity contribution is 1.17. The second kappa shape index (κ2) is 6.98. The highest BCUT2D eigenvalue weighted by molar-refractivity contribution is 5.72. The van der Waals surface area contributed by atoms with Gasteiger partial charge < -0.3 is 11.1 Å². The Labute approximate surface area is 150 Å². The maximum Gasteiger partial charge on any atom is 0.229 e. The molecule has 0 saturated heterocycles. The molecular formula is C20H16N6. The summed E-state index contributed by atoms with van der Waals surface area (Å²) in [6, 6.07) is 17.6. The SMILES string of the molecule is Nc1nc(Nc2ccc(-c3ccncc3)cc2)ncc1-c1ccccn1. The summed E-state index contributed by atoms with van der Waals surface area (Å²) in [5.41, 5.74) is 10.6. The van der Waals surface area contributed by atoms with Crippen LogP contribution in [0.2, 0.25) is 0 Å². The first-order valence-corrected chi connectivity index (χ1v) is 8.11. The highest BCUT2D eigenvalue weighted by Gasteiger charge is 2.08. The van der Waals surface area contributed by atoms with Crippen LogP contribution < -0.4 is 11.1 Å². The minimum Gasteiger partial charge on any atom is -0.383 e. The number of pyridine rings is 2. The molecule has 126 valence electrons. The Bertz CT molecular complexity index is 1000. The molecule has 4 aromatic rings. The lowest BCUT2D eigenvalue weighted by Gasteiger charge is -2.09. The van der Waals surface area contributed by atoms with Crippen LogP contribution in [0.4, 0.5) is 17.5 Å². The molecular weight excluding hydrogens is 324 g/mol. The number of anilines is 3. The lowest BCUT2D eigenvalue weighted by atomic mass is 10.1. The van der Waals surface area contributed by atoms with Gasteiger partial charge in [-0.15, -0.1) is 0 Å². The van der Waals surface area contributed by atoms with Crippen LogP contribution in [-0.2, 0) is 0 Å². The van der Waals surface area contributed by atoms with Crippen LogP contribution in [-0.4, -0.2) is 19.9 Å². The zero-order valence-electron chi connectivity index (χ0n) is 13.9. The number of hydrogen-bond donors (Lipinski definition) is 2. The van der Waals surface area contributed by atoms with E-state index in [2.05, 4.69) is 25.3 Å². The zero-order valence-corrected chi connectivity index (χ0v) is 13.9. The molecule has 0 bridgehead atoms. The first kappa shape index (κ1) is 15.7. The van der Waals surface area contributed by atoms with Gasteiger partial charge in [-0.2, -0.15) is 4.98 Å². The Morgan fingerprint density at radius 1 is 0.769 bits per heavy atom. The van der Waals surface area contributed by atoms with Gasteiger partial charge in [0.05, 0.1) is 11.3 Å². The predicted molar refractivity (Wildman–Crippen MR) is 103 cm³/mol. The number of hydrogen-bond acceptors (Lipinski definition) is 6. The van der Waals surface area contributed by atoms with E-state index in [9.17, 15) is 0 Å². The fourth-order valence-electron chi connectivity index (χ4n) is 2.59. The van der Waals surface area contributed by atoms with Gasteiger partial charge in [0.15, 0.2) is 0 Å². The largest absolute Gasteiger partial charge is 0.383 e. The van der Waals surface area contributed by atoms with Crippen molar-refractivity contribution in [3.05, 3.63) is 79.4 Å². The molecule has 26 heavy (non-hydrogen) atoms. The Morgan fingerprint density at radius 3 is 2.23 bits per heavy atom. The van der Waals surface area contributed by atoms with E-state index in [-0.39, 0.29) is 0 Å². The van der Waals surface area contributed by atoms with Gasteiger partial charge in [-0.3, -0.25) is 9.97 Å². The molecule has 3 aromatic heterocycles. The van der Waals surface area contributed by atoms with E-state index in [1.807, 2.05) is 54.6 Å². The lowest BCUT2D eigenvalue weighted by Crippen LogP contribution is -2.02. The Balaban J connectivity index is 1.53. The van der Waals surface area contributed by atoms with Gasteiger partial charge in [0, 0.05) is 30.5 Å². The topological polar surface area (TPSA) is 89.6 Å². The smallest absolute Gasteiger partial charge is 0.229 e. The zero-order chi connectivity index (χ0) is 17.8. The maximum absolute atomic E-state index is 6.07. The van der Waals surface area contributed by atoms with Crippen LogP contribution in [0.15, 0.2) is 79.4 Å². The van der Waals surface area contributed by atoms with Crippen LogP contribution in [0, 0.1) is 0 Å². The molecule has 0 aliphatic carbocycles. The first-order valence-electron chi connectivity index (χ1n) is 8.11. The van der Waals surface area contributed by atoms with Gasteiger partial charge in [-0.25, -0.2) is 4.98 Å². The van der Waals surface area contributed by atoms with Crippen LogP contribution in [0.5, 0.6) is 0 Å². The minimum atomic E-state index is 0.384. The summed E-state index contributed by atoms with van der Waals surface area (Å²) in [5.74, 6) is 0.827. The number of nitrogens with two attached hydrogens (primary N) is 1. The van der Waals surface area contributed by atoms with Crippen LogP contribution in [0.25, 0.3) is 22.4 Å². The summed E-state index contributed by atoms with van der Waals surface area (Å²) < 4.78 is 0. The van der Waals surface area contributed by atoms with Gasteiger partial charge in [0.25, 0.3) is 0 Å². The average molecular weight is 340 g/mol. The summed E-state index contributed by atoms with van der Waals surface area (Å²) >= 11 is 0. The molecule has 0 saturated carbocycles. The molecule has 4 rings (SSSR count). The van der Waals surface area contributed by atoms with Crippen molar-refractivity contribution in [1.29, 1.82) is 0 Å². The van der Waals surface area contributed by atoms with Crippen molar-refractivity contribution >= 4 is 17.5 Å². The number of rotatable bonds is 4. The van der Waals surface area contributed by atoms with Crippen molar-refractivity contribution in [1.82, 2.24) is 19.9 Å². The molecule has 3 N–H and O–H groups in total. The molecule has 6 heteroatoms. The normalized spacial score (nSPS) is 10.5. The van der Waals surface area contributed by atoms with Crippen molar-refractivity contribution in [3.63, 3.8) is 0 Å². The first-order chi connectivity index (χ1) is 12.8. The standard InChI is InChI=1S/C20H16N6/c21-19-17(18-3-1-2-10-23-18)13-24-20(26-19)25-16-6-4-14(5-7-16)15-8-11-22-12-9-15/h1-13H,(H3,21,24,25,26). The third kappa shape index (κ3) is 3.34. The number of benzene rings is 1. The molecule has 6 nitrogen and oxygen atoms in total. The van der Waals surface area contributed by atoms with Crippen molar-refractivity contribution in [3.8, 4) is 22.4 Å². The number of nitrogens with zero attached hydrogens (tertiary/aromatic N) is 4. The summed E-state index contributed by atoms with van der Waals surface area (Å²) in [5, 5.41) is 3.17. The fraction of sp³-hybridized carbons (Fsp3) is 0. The fourth-order valence-corrected chi connectivity index (χ4v) is 2.59. The molecule has 0 fully saturated rings. The predicted octanol–water partition coefficient (Wildman–Crippen LogP) is 3.93. The molecule has 0 aliphatic heterocycles. The number of nitrogen functional groups attached to an aromatic ring is 1. The third-order valence-corrected chi connectivity index (χ3v) is 3.91. The molecule has 3 heterocycles. The molecule has 0 radical (unpaired) electrons. The van der Waals surface area contributed by atoms with E-state index < -0.39 is 0 Å². The van der Waals surface area contributed by atoms with Gasteiger partial charge in [0.1, 0.15) is 5.82 Å². The third-order valence-electron chi connectivity index (χ3n) is 3.91. The van der Waals surface area contributed by atoms with Gasteiger partial charge >= 0.3 is 0 Å². The van der Waals surface area contributed by atoms with Crippen LogP contribution in [0.1, 0.15) is 0 Å². The van der Waals surface area contributed by atoms with Gasteiger partial charge in [0.2, 0.25) is 5.95 Å². The second-order valence-electron chi connectivity index (χ2n) is 5.65. The average Bonchev–Trinajstić information content (AvgIpc) is 2.70. The van der Waals surface area contributed by atoms with Crippen molar-refractivity contribution in [2.45, 2.75) is 0 Å². The molecule has 0 aliphatic rings. The van der Waals surface area contributed by atoms with Crippen molar-refractivity contribution in [2.24, 2.45) is 0 Å². The van der Waals surface area contributed by atoms with E-state index in [0.717, 1.165) is 22.5 Å². The summed E-state index contributed by atoms with van der Waals surface area (Å²) in [6.45, 7) is 0. The van der Waals surface area contributed by atoms with E-state index in [1.165, 1.54) is 0 Å². The van der Waals surface area contributed by atoms with Crippen LogP contribution in [0.3, 0.4) is 0 Å². The summed E-state index contributed by atoms with van der Waals surface area (Å²) in [7, 11) is 0. The highest BCUT2D eigenvalue weighted by atomic mass is 15.1. The monoisotopic (exact) mass is 340 g/mol. The maximum atomic E-state index is 6.07. The summed E-state index contributed by atoms with van der Waals surface area (Å²) in [6.07, 6.45) is 6.95. The molecule has 0 unspecified atom stereocenters. The van der Waals surface area contributed by atoms with E-state index in [4.69, 9.17) is 5.73 Å². The van der Waals surface area contributed by atoms with Crippen LogP contribution >= 0.6 is 0 Å². The van der Waals surface area contributed by atoms with E-state index in [0.29, 0.717) is 17.3 Å². The second-order valence-corrected chi connectivity index (χ2v) is 5.65. The number of nitrogens with one attached hydrogen (secondary N) is 1. The Kier molecular flexibility index (Phi) is 4.22. The highest BCUT2D eigenvalue weighted by Crippen LogP contribution is 2.25. The molecule has 1 aromatic carbocycles. The molecule has 0 amide bonds. The quantitative estimate of drug-likeness (QED) is 0.585. The van der Waals surface area contributed by atoms with Crippen molar-refractivity contribution in [2.75, 3.05) is 11.1 Å². The van der Waals surface area contributed by atoms with E-state index >= 15 is 0 Å². The molecule has 0 atom stereocenters. The van der Waals surface area contributed by atoms with Gasteiger partial charge in [-0.1, -0.05) is 18.2 Å². The summed E-state index contributed by atoms with van der Waals surface area (Å²) in [4.78, 5) is 17.0. The Morgan fingerprint density at radius 2 is 1.54 bits per heavy atom. The minimum absolute atomic E-state index is 0.384. The number of aromatic nitrogens is 4. The van der Waals surface area contributed by atoms with Crippen molar-refractivity contribution < 1.29 is 0 Å². The Hall–Kier alpha value is -3.80. The molecule has 0 spiro atoms. The van der Waals surface area contributed by atoms with Gasteiger partial charge in [-0.05, 0) is 47.5 Å².